The van der Waals surface area contributed by atoms with Gasteiger partial charge in [-0.2, -0.15) is 0 Å². The van der Waals surface area contributed by atoms with Gasteiger partial charge in [-0.1, -0.05) is 0 Å². The van der Waals surface area contributed by atoms with E-state index >= 15 is 0 Å². The largest absolute Gasteiger partial charge is 0.383 e. The van der Waals surface area contributed by atoms with Crippen molar-refractivity contribution >= 4 is 5.91 Å². The summed E-state index contributed by atoms with van der Waals surface area (Å²) in [6, 6.07) is 1.07. The van der Waals surface area contributed by atoms with E-state index in [1.165, 1.54) is 12.8 Å². The standard InChI is InChI=1S/C15H27N3O2/c1-20-10-9-17-5-2-6-18(8-7-17)15(19)13-11-12-3-4-14(13)16-12/h12-14,16H,2-11H2,1H3. The summed E-state index contributed by atoms with van der Waals surface area (Å²) in [5.74, 6) is 0.651. The number of methoxy groups -OCH3 is 1. The lowest BCUT2D eigenvalue weighted by Crippen LogP contribution is -2.42. The molecule has 2 bridgehead atoms. The third-order valence-electron chi connectivity index (χ3n) is 5.13. The molecule has 3 aliphatic heterocycles. The summed E-state index contributed by atoms with van der Waals surface area (Å²) in [6.07, 6.45) is 4.60. The monoisotopic (exact) mass is 281 g/mol. The van der Waals surface area contributed by atoms with Crippen LogP contribution in [0.25, 0.3) is 0 Å². The summed E-state index contributed by atoms with van der Waals surface area (Å²) < 4.78 is 5.14. The minimum Gasteiger partial charge on any atom is -0.383 e. The molecule has 0 aromatic heterocycles. The van der Waals surface area contributed by atoms with E-state index in [4.69, 9.17) is 4.74 Å². The molecule has 0 saturated carbocycles. The molecule has 0 spiro atoms. The number of nitrogens with one attached hydrogen (secondary N) is 1. The molecule has 3 fully saturated rings. The van der Waals surface area contributed by atoms with E-state index in [2.05, 4.69) is 15.1 Å². The lowest BCUT2D eigenvalue weighted by atomic mass is 9.88. The van der Waals surface area contributed by atoms with Crippen LogP contribution in [0.1, 0.15) is 25.7 Å². The highest BCUT2D eigenvalue weighted by molar-refractivity contribution is 5.80. The van der Waals surface area contributed by atoms with E-state index in [-0.39, 0.29) is 5.92 Å². The van der Waals surface area contributed by atoms with Crippen LogP contribution in [0, 0.1) is 5.92 Å². The average molecular weight is 281 g/mol. The first-order valence-corrected chi connectivity index (χ1v) is 8.04. The van der Waals surface area contributed by atoms with Crippen LogP contribution in [0.2, 0.25) is 0 Å². The number of hydrogen-bond acceptors (Lipinski definition) is 4. The first-order chi connectivity index (χ1) is 9.78. The zero-order chi connectivity index (χ0) is 13.9. The number of ether oxygens (including phenoxy) is 1. The van der Waals surface area contributed by atoms with Gasteiger partial charge in [0, 0.05) is 45.4 Å². The van der Waals surface area contributed by atoms with Gasteiger partial charge in [0.05, 0.1) is 12.5 Å². The van der Waals surface area contributed by atoms with E-state index in [1.807, 2.05) is 0 Å². The second-order valence-electron chi connectivity index (χ2n) is 6.40. The smallest absolute Gasteiger partial charge is 0.227 e. The molecule has 1 N–H and O–H groups in total. The molecule has 0 radical (unpaired) electrons. The Morgan fingerprint density at radius 3 is 2.85 bits per heavy atom. The fraction of sp³-hybridized carbons (Fsp3) is 0.933. The van der Waals surface area contributed by atoms with Crippen molar-refractivity contribution in [3.8, 4) is 0 Å². The van der Waals surface area contributed by atoms with Gasteiger partial charge in [-0.15, -0.1) is 0 Å². The lowest BCUT2D eigenvalue weighted by molar-refractivity contribution is -0.136. The van der Waals surface area contributed by atoms with Gasteiger partial charge < -0.3 is 15.0 Å². The number of hydrogen-bond donors (Lipinski definition) is 1. The molecule has 114 valence electrons. The number of carbonyl (C=O) groups is 1. The molecule has 3 unspecified atom stereocenters. The van der Waals surface area contributed by atoms with Crippen LogP contribution in [0.3, 0.4) is 0 Å². The van der Waals surface area contributed by atoms with Crippen molar-refractivity contribution in [1.29, 1.82) is 0 Å². The zero-order valence-electron chi connectivity index (χ0n) is 12.5. The molecule has 3 saturated heterocycles. The van der Waals surface area contributed by atoms with E-state index in [9.17, 15) is 4.79 Å². The van der Waals surface area contributed by atoms with Crippen molar-refractivity contribution < 1.29 is 9.53 Å². The summed E-state index contributed by atoms with van der Waals surface area (Å²) in [5.41, 5.74) is 0. The molecule has 5 heteroatoms. The molecule has 1 amide bonds. The normalized spacial score (nSPS) is 34.5. The molecular weight excluding hydrogens is 254 g/mol. The number of rotatable bonds is 4. The number of fused-ring (bicyclic) bond motifs is 2. The third kappa shape index (κ3) is 3.00. The molecule has 5 nitrogen and oxygen atoms in total. The Labute approximate surface area is 121 Å². The van der Waals surface area contributed by atoms with E-state index < -0.39 is 0 Å². The SMILES string of the molecule is COCCN1CCCN(C(=O)C2CC3CCC2N3)CC1. The second kappa shape index (κ2) is 6.41. The van der Waals surface area contributed by atoms with Crippen LogP contribution in [0.4, 0.5) is 0 Å². The summed E-state index contributed by atoms with van der Waals surface area (Å²) in [6.45, 7) is 5.65. The predicted octanol–water partition coefficient (Wildman–Crippen LogP) is 0.308. The minimum absolute atomic E-state index is 0.249. The quantitative estimate of drug-likeness (QED) is 0.805. The topological polar surface area (TPSA) is 44.8 Å². The van der Waals surface area contributed by atoms with Crippen molar-refractivity contribution in [3.05, 3.63) is 0 Å². The highest BCUT2D eigenvalue weighted by Gasteiger charge is 2.44. The van der Waals surface area contributed by atoms with Gasteiger partial charge in [0.25, 0.3) is 0 Å². The summed E-state index contributed by atoms with van der Waals surface area (Å²) in [5, 5.41) is 3.58. The van der Waals surface area contributed by atoms with Crippen LogP contribution < -0.4 is 5.32 Å². The van der Waals surface area contributed by atoms with Gasteiger partial charge in [0.15, 0.2) is 0 Å². The Bertz CT molecular complexity index is 350. The van der Waals surface area contributed by atoms with Crippen molar-refractivity contribution in [2.24, 2.45) is 5.92 Å². The molecule has 3 heterocycles. The molecule has 20 heavy (non-hydrogen) atoms. The molecular formula is C15H27N3O2. The van der Waals surface area contributed by atoms with Crippen LogP contribution >= 0.6 is 0 Å². The van der Waals surface area contributed by atoms with Crippen molar-refractivity contribution in [1.82, 2.24) is 15.1 Å². The van der Waals surface area contributed by atoms with Crippen LogP contribution in [-0.2, 0) is 9.53 Å². The van der Waals surface area contributed by atoms with Crippen molar-refractivity contribution in [3.63, 3.8) is 0 Å². The van der Waals surface area contributed by atoms with Gasteiger partial charge in [-0.25, -0.2) is 0 Å². The zero-order valence-corrected chi connectivity index (χ0v) is 12.5. The van der Waals surface area contributed by atoms with Gasteiger partial charge in [-0.3, -0.25) is 9.69 Å². The Kier molecular flexibility index (Phi) is 4.58. The average Bonchev–Trinajstić information content (AvgIpc) is 3.01. The maximum atomic E-state index is 12.7. The molecule has 0 aromatic rings. The van der Waals surface area contributed by atoms with Crippen LogP contribution in [0.15, 0.2) is 0 Å². The summed E-state index contributed by atoms with van der Waals surface area (Å²) in [7, 11) is 1.75. The first-order valence-electron chi connectivity index (χ1n) is 8.04. The van der Waals surface area contributed by atoms with Crippen LogP contribution in [0.5, 0.6) is 0 Å². The number of amides is 1. The molecule has 3 aliphatic rings. The van der Waals surface area contributed by atoms with E-state index in [0.29, 0.717) is 18.0 Å². The Hall–Kier alpha value is -0.650. The first kappa shape index (κ1) is 14.3. The van der Waals surface area contributed by atoms with Crippen molar-refractivity contribution in [2.75, 3.05) is 46.4 Å². The fourth-order valence-corrected chi connectivity index (χ4v) is 3.97. The Balaban J connectivity index is 1.51. The third-order valence-corrected chi connectivity index (χ3v) is 5.13. The Morgan fingerprint density at radius 1 is 1.25 bits per heavy atom. The maximum absolute atomic E-state index is 12.7. The summed E-state index contributed by atoms with van der Waals surface area (Å²) >= 11 is 0. The highest BCUT2D eigenvalue weighted by Crippen LogP contribution is 2.34. The van der Waals surface area contributed by atoms with Crippen LogP contribution in [-0.4, -0.2) is 74.2 Å². The van der Waals surface area contributed by atoms with Gasteiger partial charge in [0.1, 0.15) is 0 Å². The molecule has 0 aliphatic carbocycles. The molecule has 3 rings (SSSR count). The highest BCUT2D eigenvalue weighted by atomic mass is 16.5. The van der Waals surface area contributed by atoms with E-state index in [0.717, 1.165) is 52.2 Å². The molecule has 0 aromatic carbocycles. The summed E-state index contributed by atoms with van der Waals surface area (Å²) in [4.78, 5) is 17.2. The second-order valence-corrected chi connectivity index (χ2v) is 6.40. The molecule has 3 atom stereocenters. The van der Waals surface area contributed by atoms with E-state index in [1.54, 1.807) is 7.11 Å². The number of nitrogens with zero attached hydrogens (tertiary/aromatic N) is 2. The van der Waals surface area contributed by atoms with Gasteiger partial charge >= 0.3 is 0 Å². The fourth-order valence-electron chi connectivity index (χ4n) is 3.97. The minimum atomic E-state index is 0.249. The number of carbonyl (C=O) groups excluding carboxylic acids is 1. The maximum Gasteiger partial charge on any atom is 0.227 e. The Morgan fingerprint density at radius 2 is 2.15 bits per heavy atom. The van der Waals surface area contributed by atoms with Gasteiger partial charge in [-0.05, 0) is 32.2 Å². The van der Waals surface area contributed by atoms with Gasteiger partial charge in [0.2, 0.25) is 5.91 Å². The lowest BCUT2D eigenvalue weighted by Gasteiger charge is -2.28. The van der Waals surface area contributed by atoms with Crippen molar-refractivity contribution in [2.45, 2.75) is 37.8 Å². The predicted molar refractivity (Wildman–Crippen MR) is 77.6 cm³/mol.